The second-order valence-electron chi connectivity index (χ2n) is 7.93. The van der Waals surface area contributed by atoms with Gasteiger partial charge in [-0.3, -0.25) is 4.79 Å². The molecule has 1 atom stereocenters. The number of likely N-dealkylation sites (tertiary alicyclic amines) is 1. The third-order valence-electron chi connectivity index (χ3n) is 5.90. The highest BCUT2D eigenvalue weighted by atomic mass is 32.2. The van der Waals surface area contributed by atoms with Crippen LogP contribution in [0.4, 0.5) is 0 Å². The lowest BCUT2D eigenvalue weighted by Gasteiger charge is -2.37. The van der Waals surface area contributed by atoms with Crippen LogP contribution in [0.25, 0.3) is 0 Å². The molecule has 1 aromatic rings. The fourth-order valence-corrected chi connectivity index (χ4v) is 5.71. The predicted molar refractivity (Wildman–Crippen MR) is 115 cm³/mol. The van der Waals surface area contributed by atoms with Gasteiger partial charge in [0.15, 0.2) is 0 Å². The summed E-state index contributed by atoms with van der Waals surface area (Å²) in [4.78, 5) is 26.7. The molecule has 2 aliphatic rings. The Morgan fingerprint density at radius 1 is 1.00 bits per heavy atom. The van der Waals surface area contributed by atoms with Crippen molar-refractivity contribution in [3.63, 3.8) is 0 Å². The van der Waals surface area contributed by atoms with Crippen LogP contribution in [0.3, 0.4) is 0 Å². The molecule has 0 bridgehead atoms. The first-order chi connectivity index (χ1) is 14.9. The maximum absolute atomic E-state index is 13.0. The van der Waals surface area contributed by atoms with Gasteiger partial charge in [0.1, 0.15) is 0 Å². The Bertz CT molecular complexity index is 860. The van der Waals surface area contributed by atoms with E-state index in [9.17, 15) is 18.0 Å². The van der Waals surface area contributed by atoms with Crippen molar-refractivity contribution in [1.82, 2.24) is 9.21 Å². The van der Waals surface area contributed by atoms with Gasteiger partial charge in [0.05, 0.1) is 23.2 Å². The summed E-state index contributed by atoms with van der Waals surface area (Å²) in [7, 11) is -3.67. The quantitative estimate of drug-likeness (QED) is 0.590. The van der Waals surface area contributed by atoms with Crippen molar-refractivity contribution in [1.29, 1.82) is 0 Å². The van der Waals surface area contributed by atoms with Crippen molar-refractivity contribution in [2.24, 2.45) is 5.92 Å². The number of hydrogen-bond acceptors (Lipinski definition) is 6. The molecule has 31 heavy (non-hydrogen) atoms. The summed E-state index contributed by atoms with van der Waals surface area (Å²) in [6.07, 6.45) is 3.03. The molecule has 2 fully saturated rings. The van der Waals surface area contributed by atoms with Gasteiger partial charge < -0.3 is 14.4 Å². The summed E-state index contributed by atoms with van der Waals surface area (Å²) in [5, 5.41) is 0. The minimum atomic E-state index is -3.67. The highest BCUT2D eigenvalue weighted by molar-refractivity contribution is 7.89. The molecular formula is C22H32N2O6S. The van der Waals surface area contributed by atoms with E-state index in [0.717, 1.165) is 19.4 Å². The summed E-state index contributed by atoms with van der Waals surface area (Å²) >= 11 is 0. The molecule has 0 aromatic heterocycles. The summed E-state index contributed by atoms with van der Waals surface area (Å²) in [6.45, 7) is 6.56. The third-order valence-corrected chi connectivity index (χ3v) is 7.81. The van der Waals surface area contributed by atoms with Crippen LogP contribution in [0.5, 0.6) is 0 Å². The van der Waals surface area contributed by atoms with Crippen molar-refractivity contribution in [2.45, 2.75) is 50.5 Å². The Hall–Kier alpha value is -1.97. The number of esters is 1. The van der Waals surface area contributed by atoms with Gasteiger partial charge in [0.2, 0.25) is 15.9 Å². The van der Waals surface area contributed by atoms with E-state index in [4.69, 9.17) is 9.47 Å². The van der Waals surface area contributed by atoms with Crippen molar-refractivity contribution >= 4 is 21.9 Å². The molecule has 3 rings (SSSR count). The van der Waals surface area contributed by atoms with Gasteiger partial charge in [0, 0.05) is 38.7 Å². The smallest absolute Gasteiger partial charge is 0.338 e. The number of hydrogen-bond donors (Lipinski definition) is 0. The van der Waals surface area contributed by atoms with E-state index < -0.39 is 16.0 Å². The lowest BCUT2D eigenvalue weighted by molar-refractivity contribution is -0.140. The SMILES string of the molecule is CCOC(=O)c1ccc(S(=O)(=O)N2CCC(C(=O)N3CCCC(OCC)C3)CC2)cc1. The molecule has 2 heterocycles. The largest absolute Gasteiger partial charge is 0.462 e. The Morgan fingerprint density at radius 2 is 1.68 bits per heavy atom. The lowest BCUT2D eigenvalue weighted by atomic mass is 9.95. The van der Waals surface area contributed by atoms with E-state index in [2.05, 4.69) is 0 Å². The Morgan fingerprint density at radius 3 is 2.29 bits per heavy atom. The molecule has 1 unspecified atom stereocenters. The number of benzene rings is 1. The summed E-state index contributed by atoms with van der Waals surface area (Å²) in [5.74, 6) is -0.520. The molecule has 172 valence electrons. The van der Waals surface area contributed by atoms with Gasteiger partial charge in [0.25, 0.3) is 0 Å². The number of sulfonamides is 1. The minimum absolute atomic E-state index is 0.0979. The number of carbonyl (C=O) groups is 2. The average Bonchev–Trinajstić information content (AvgIpc) is 2.79. The zero-order valence-electron chi connectivity index (χ0n) is 18.3. The number of carbonyl (C=O) groups excluding carboxylic acids is 2. The van der Waals surface area contributed by atoms with E-state index in [1.165, 1.54) is 28.6 Å². The summed E-state index contributed by atoms with van der Waals surface area (Å²) in [6, 6.07) is 5.79. The molecule has 0 N–H and O–H groups in total. The highest BCUT2D eigenvalue weighted by Crippen LogP contribution is 2.27. The number of ether oxygens (including phenoxy) is 2. The van der Waals surface area contributed by atoms with Gasteiger partial charge in [-0.05, 0) is 63.8 Å². The molecule has 1 amide bonds. The van der Waals surface area contributed by atoms with Crippen LogP contribution in [0.2, 0.25) is 0 Å². The van der Waals surface area contributed by atoms with Gasteiger partial charge in [-0.2, -0.15) is 4.31 Å². The second-order valence-corrected chi connectivity index (χ2v) is 9.86. The molecule has 2 saturated heterocycles. The van der Waals surface area contributed by atoms with Crippen molar-refractivity contribution in [3.05, 3.63) is 29.8 Å². The second kappa shape index (κ2) is 10.6. The van der Waals surface area contributed by atoms with Crippen LogP contribution in [-0.2, 0) is 24.3 Å². The first-order valence-electron chi connectivity index (χ1n) is 11.0. The van der Waals surface area contributed by atoms with Crippen molar-refractivity contribution < 1.29 is 27.5 Å². The van der Waals surface area contributed by atoms with Gasteiger partial charge in [-0.15, -0.1) is 0 Å². The molecule has 2 aliphatic heterocycles. The zero-order chi connectivity index (χ0) is 22.4. The van der Waals surface area contributed by atoms with Crippen LogP contribution in [0, 0.1) is 5.92 Å². The maximum atomic E-state index is 13.0. The molecule has 0 aliphatic carbocycles. The monoisotopic (exact) mass is 452 g/mol. The van der Waals surface area contributed by atoms with Gasteiger partial charge >= 0.3 is 5.97 Å². The molecular weight excluding hydrogens is 420 g/mol. The van der Waals surface area contributed by atoms with E-state index in [0.29, 0.717) is 44.6 Å². The first kappa shape index (κ1) is 23.7. The van der Waals surface area contributed by atoms with E-state index in [1.807, 2.05) is 11.8 Å². The number of nitrogens with zero attached hydrogens (tertiary/aromatic N) is 2. The topological polar surface area (TPSA) is 93.2 Å². The standard InChI is InChI=1S/C22H32N2O6S/c1-3-29-19-6-5-13-23(16-19)21(25)17-11-14-24(15-12-17)31(27,28)20-9-7-18(8-10-20)22(26)30-4-2/h7-10,17,19H,3-6,11-16H2,1-2H3. The Labute approximate surface area is 184 Å². The molecule has 0 saturated carbocycles. The normalized spacial score (nSPS) is 21.1. The highest BCUT2D eigenvalue weighted by Gasteiger charge is 2.35. The van der Waals surface area contributed by atoms with Gasteiger partial charge in [-0.1, -0.05) is 0 Å². The fourth-order valence-electron chi connectivity index (χ4n) is 4.24. The predicted octanol–water partition coefficient (Wildman–Crippen LogP) is 2.29. The maximum Gasteiger partial charge on any atom is 0.338 e. The first-order valence-corrected chi connectivity index (χ1v) is 12.5. The number of piperidine rings is 2. The van der Waals surface area contributed by atoms with Crippen LogP contribution in [0.15, 0.2) is 29.2 Å². The molecule has 1 aromatic carbocycles. The molecule has 0 spiro atoms. The van der Waals surface area contributed by atoms with E-state index in [-0.39, 0.29) is 29.4 Å². The van der Waals surface area contributed by atoms with Gasteiger partial charge in [-0.25, -0.2) is 13.2 Å². The van der Waals surface area contributed by atoms with Crippen LogP contribution in [0.1, 0.15) is 49.9 Å². The summed E-state index contributed by atoms with van der Waals surface area (Å²) in [5.41, 5.74) is 0.317. The summed E-state index contributed by atoms with van der Waals surface area (Å²) < 4.78 is 38.0. The Balaban J connectivity index is 1.58. The van der Waals surface area contributed by atoms with Crippen LogP contribution >= 0.6 is 0 Å². The van der Waals surface area contributed by atoms with Crippen molar-refractivity contribution in [3.8, 4) is 0 Å². The Kier molecular flexibility index (Phi) is 8.07. The van der Waals surface area contributed by atoms with Crippen molar-refractivity contribution in [2.75, 3.05) is 39.4 Å². The number of amides is 1. The lowest BCUT2D eigenvalue weighted by Crippen LogP contribution is -2.48. The molecule has 8 nitrogen and oxygen atoms in total. The molecule has 0 radical (unpaired) electrons. The third kappa shape index (κ3) is 5.64. The van der Waals surface area contributed by atoms with Crippen LogP contribution in [-0.4, -0.2) is 75.0 Å². The average molecular weight is 453 g/mol. The zero-order valence-corrected chi connectivity index (χ0v) is 19.1. The minimum Gasteiger partial charge on any atom is -0.462 e. The number of rotatable bonds is 7. The van der Waals surface area contributed by atoms with E-state index >= 15 is 0 Å². The van der Waals surface area contributed by atoms with E-state index in [1.54, 1.807) is 6.92 Å². The molecule has 9 heteroatoms. The van der Waals surface area contributed by atoms with Crippen LogP contribution < -0.4 is 0 Å². The fraction of sp³-hybridized carbons (Fsp3) is 0.636.